The third kappa shape index (κ3) is 3.59. The van der Waals surface area contributed by atoms with Gasteiger partial charge in [-0.3, -0.25) is 9.69 Å². The van der Waals surface area contributed by atoms with Gasteiger partial charge in [0.15, 0.2) is 0 Å². The summed E-state index contributed by atoms with van der Waals surface area (Å²) in [6.07, 6.45) is 11.3. The van der Waals surface area contributed by atoms with Crippen LogP contribution in [0.15, 0.2) is 0 Å². The lowest BCUT2D eigenvalue weighted by atomic mass is 9.95. The van der Waals surface area contributed by atoms with Crippen LogP contribution in [-0.2, 0) is 4.79 Å². The molecule has 0 spiro atoms. The summed E-state index contributed by atoms with van der Waals surface area (Å²) >= 11 is 0. The van der Waals surface area contributed by atoms with Gasteiger partial charge in [0.25, 0.3) is 0 Å². The molecule has 2 saturated heterocycles. The fraction of sp³-hybridized carbons (Fsp3) is 0.941. The maximum atomic E-state index is 12.6. The molecule has 3 rings (SSSR count). The van der Waals surface area contributed by atoms with Gasteiger partial charge in [0.1, 0.15) is 0 Å². The van der Waals surface area contributed by atoms with Gasteiger partial charge in [-0.25, -0.2) is 0 Å². The van der Waals surface area contributed by atoms with Crippen LogP contribution >= 0.6 is 0 Å². The van der Waals surface area contributed by atoms with Gasteiger partial charge in [-0.1, -0.05) is 19.3 Å². The Balaban J connectivity index is 1.54. The van der Waals surface area contributed by atoms with Crippen LogP contribution in [0.1, 0.15) is 64.7 Å². The summed E-state index contributed by atoms with van der Waals surface area (Å²) in [7, 11) is 0. The molecule has 0 bridgehead atoms. The lowest BCUT2D eigenvalue weighted by Gasteiger charge is -2.34. The molecular weight excluding hydrogens is 262 g/mol. The SMILES string of the molecule is CC(C(=O)NC1CCCCC1)N1CCCC1C1CCCN1. The van der Waals surface area contributed by atoms with E-state index in [0.29, 0.717) is 18.1 Å². The molecule has 3 atom stereocenters. The van der Waals surface area contributed by atoms with Crippen LogP contribution in [0.3, 0.4) is 0 Å². The summed E-state index contributed by atoms with van der Waals surface area (Å²) in [6, 6.07) is 1.64. The first kappa shape index (κ1) is 15.3. The summed E-state index contributed by atoms with van der Waals surface area (Å²) in [6.45, 7) is 4.34. The molecule has 3 unspecified atom stereocenters. The van der Waals surface area contributed by atoms with Crippen LogP contribution in [0.5, 0.6) is 0 Å². The molecule has 120 valence electrons. The van der Waals surface area contributed by atoms with E-state index in [1.165, 1.54) is 57.8 Å². The van der Waals surface area contributed by atoms with Crippen LogP contribution in [0.25, 0.3) is 0 Å². The number of nitrogens with zero attached hydrogens (tertiary/aromatic N) is 1. The molecule has 2 aliphatic heterocycles. The minimum absolute atomic E-state index is 0.0295. The van der Waals surface area contributed by atoms with Crippen LogP contribution in [0.4, 0.5) is 0 Å². The van der Waals surface area contributed by atoms with E-state index in [9.17, 15) is 4.79 Å². The Morgan fingerprint density at radius 2 is 1.90 bits per heavy atom. The lowest BCUT2D eigenvalue weighted by molar-refractivity contribution is -0.127. The molecule has 4 nitrogen and oxygen atoms in total. The summed E-state index contributed by atoms with van der Waals surface area (Å²) in [5.41, 5.74) is 0. The van der Waals surface area contributed by atoms with E-state index < -0.39 is 0 Å². The molecule has 21 heavy (non-hydrogen) atoms. The monoisotopic (exact) mass is 293 g/mol. The van der Waals surface area contributed by atoms with Crippen molar-refractivity contribution in [2.45, 2.75) is 88.9 Å². The molecule has 1 aliphatic carbocycles. The van der Waals surface area contributed by atoms with E-state index in [2.05, 4.69) is 22.5 Å². The average Bonchev–Trinajstić information content (AvgIpc) is 3.18. The molecule has 0 aromatic carbocycles. The fourth-order valence-electron chi connectivity index (χ4n) is 4.49. The third-order valence-corrected chi connectivity index (χ3v) is 5.73. The van der Waals surface area contributed by atoms with Gasteiger partial charge in [0, 0.05) is 18.1 Å². The second-order valence-electron chi connectivity index (χ2n) is 7.17. The van der Waals surface area contributed by atoms with E-state index in [0.717, 1.165) is 13.1 Å². The number of nitrogens with one attached hydrogen (secondary N) is 2. The zero-order valence-corrected chi connectivity index (χ0v) is 13.4. The maximum absolute atomic E-state index is 12.6. The molecule has 0 aromatic heterocycles. The van der Waals surface area contributed by atoms with E-state index in [1.54, 1.807) is 0 Å². The highest BCUT2D eigenvalue weighted by atomic mass is 16.2. The Kier molecular flexibility index (Phi) is 5.17. The lowest BCUT2D eigenvalue weighted by Crippen LogP contribution is -2.54. The van der Waals surface area contributed by atoms with Crippen molar-refractivity contribution < 1.29 is 4.79 Å². The number of rotatable bonds is 4. The number of carbonyl (C=O) groups is 1. The zero-order chi connectivity index (χ0) is 14.7. The van der Waals surface area contributed by atoms with Gasteiger partial charge in [0.2, 0.25) is 5.91 Å². The normalized spacial score (nSPS) is 33.2. The predicted octanol–water partition coefficient (Wildman–Crippen LogP) is 2.04. The highest BCUT2D eigenvalue weighted by Gasteiger charge is 2.37. The summed E-state index contributed by atoms with van der Waals surface area (Å²) in [5.74, 6) is 0.256. The quantitative estimate of drug-likeness (QED) is 0.834. The second-order valence-corrected chi connectivity index (χ2v) is 7.17. The highest BCUT2D eigenvalue weighted by molar-refractivity contribution is 5.81. The molecule has 3 aliphatic rings. The number of hydrogen-bond donors (Lipinski definition) is 2. The van der Waals surface area contributed by atoms with Gasteiger partial charge in [-0.05, 0) is 58.5 Å². The highest BCUT2D eigenvalue weighted by Crippen LogP contribution is 2.27. The summed E-state index contributed by atoms with van der Waals surface area (Å²) < 4.78 is 0. The van der Waals surface area contributed by atoms with Crippen molar-refractivity contribution in [2.75, 3.05) is 13.1 Å². The maximum Gasteiger partial charge on any atom is 0.237 e. The number of likely N-dealkylation sites (tertiary alicyclic amines) is 1. The Morgan fingerprint density at radius 1 is 1.10 bits per heavy atom. The second kappa shape index (κ2) is 7.10. The van der Waals surface area contributed by atoms with E-state index in [-0.39, 0.29) is 11.9 Å². The number of carbonyl (C=O) groups excluding carboxylic acids is 1. The average molecular weight is 293 g/mol. The summed E-state index contributed by atoms with van der Waals surface area (Å²) in [5, 5.41) is 6.94. The molecule has 2 N–H and O–H groups in total. The fourth-order valence-corrected chi connectivity index (χ4v) is 4.49. The Bertz CT molecular complexity index is 348. The van der Waals surface area contributed by atoms with Gasteiger partial charge in [-0.2, -0.15) is 0 Å². The van der Waals surface area contributed by atoms with E-state index in [4.69, 9.17) is 0 Å². The molecule has 4 heteroatoms. The minimum atomic E-state index is 0.0295. The zero-order valence-electron chi connectivity index (χ0n) is 13.4. The third-order valence-electron chi connectivity index (χ3n) is 5.73. The van der Waals surface area contributed by atoms with Crippen LogP contribution in [-0.4, -0.2) is 48.1 Å². The smallest absolute Gasteiger partial charge is 0.237 e. The first-order valence-electron chi connectivity index (χ1n) is 9.05. The molecule has 0 radical (unpaired) electrons. The predicted molar refractivity (Wildman–Crippen MR) is 85.2 cm³/mol. The molecule has 1 amide bonds. The Hall–Kier alpha value is -0.610. The summed E-state index contributed by atoms with van der Waals surface area (Å²) in [4.78, 5) is 15.0. The topological polar surface area (TPSA) is 44.4 Å². The van der Waals surface area contributed by atoms with Crippen molar-refractivity contribution in [1.29, 1.82) is 0 Å². The van der Waals surface area contributed by atoms with Gasteiger partial charge in [0.05, 0.1) is 6.04 Å². The molecule has 3 fully saturated rings. The van der Waals surface area contributed by atoms with Crippen LogP contribution in [0, 0.1) is 0 Å². The van der Waals surface area contributed by atoms with E-state index >= 15 is 0 Å². The molecular formula is C17H31N3O. The Labute approximate surface area is 129 Å². The molecule has 0 aromatic rings. The first-order valence-corrected chi connectivity index (χ1v) is 9.05. The minimum Gasteiger partial charge on any atom is -0.352 e. The van der Waals surface area contributed by atoms with Gasteiger partial charge in [-0.15, -0.1) is 0 Å². The van der Waals surface area contributed by atoms with Crippen molar-refractivity contribution in [1.82, 2.24) is 15.5 Å². The molecule has 2 heterocycles. The van der Waals surface area contributed by atoms with Gasteiger partial charge >= 0.3 is 0 Å². The van der Waals surface area contributed by atoms with Gasteiger partial charge < -0.3 is 10.6 Å². The largest absolute Gasteiger partial charge is 0.352 e. The van der Waals surface area contributed by atoms with Crippen molar-refractivity contribution in [3.63, 3.8) is 0 Å². The number of hydrogen-bond acceptors (Lipinski definition) is 3. The van der Waals surface area contributed by atoms with Crippen molar-refractivity contribution in [3.8, 4) is 0 Å². The van der Waals surface area contributed by atoms with Crippen molar-refractivity contribution in [3.05, 3.63) is 0 Å². The van der Waals surface area contributed by atoms with Crippen LogP contribution < -0.4 is 10.6 Å². The van der Waals surface area contributed by atoms with E-state index in [1.807, 2.05) is 0 Å². The van der Waals surface area contributed by atoms with Crippen molar-refractivity contribution >= 4 is 5.91 Å². The number of amides is 1. The first-order chi connectivity index (χ1) is 10.3. The standard InChI is InChI=1S/C17H31N3O/c1-13(17(21)19-14-7-3-2-4-8-14)20-12-6-10-16(20)15-9-5-11-18-15/h13-16,18H,2-12H2,1H3,(H,19,21). The molecule has 1 saturated carbocycles. The Morgan fingerprint density at radius 3 is 2.62 bits per heavy atom. The van der Waals surface area contributed by atoms with Crippen LogP contribution in [0.2, 0.25) is 0 Å². The van der Waals surface area contributed by atoms with Crippen molar-refractivity contribution in [2.24, 2.45) is 0 Å².